The number of nitrogens with zero attached hydrogens (tertiary/aromatic N) is 3. The molecule has 7 rings (SSSR count). The summed E-state index contributed by atoms with van der Waals surface area (Å²) in [6.07, 6.45) is 3.32. The normalized spacial score (nSPS) is 17.3. The van der Waals surface area contributed by atoms with Crippen LogP contribution in [0.2, 0.25) is 0 Å². The van der Waals surface area contributed by atoms with Crippen molar-refractivity contribution >= 4 is 22.6 Å². The molecule has 3 aliphatic rings. The fraction of sp³-hybridized carbons (Fsp3) is 0.406. The molecule has 12 nitrogen and oxygen atoms in total. The lowest BCUT2D eigenvalue weighted by Gasteiger charge is -2.34. The first-order valence-electron chi connectivity index (χ1n) is 15.1. The molecule has 1 fully saturated rings. The van der Waals surface area contributed by atoms with Crippen molar-refractivity contribution in [1.82, 2.24) is 24.8 Å². The van der Waals surface area contributed by atoms with Crippen LogP contribution in [-0.2, 0) is 13.0 Å². The van der Waals surface area contributed by atoms with Crippen LogP contribution in [0.25, 0.3) is 22.4 Å². The summed E-state index contributed by atoms with van der Waals surface area (Å²) in [7, 11) is 2.11. The van der Waals surface area contributed by atoms with Crippen molar-refractivity contribution in [2.24, 2.45) is 0 Å². The molecule has 0 spiro atoms. The standard InChI is InChI=1S/C32H36N6O6/c1-3-21-26(4-5-27-29(21)44-17-43-27)42-16-20(39)14-34-23-6-9-33-31(40)28(23)30-35-24-12-18-15-38(19-7-10-37(2)11-8-19)32(41)22(18)13-25(24)36-30/h4-6,9,12-13,19-20,39H,3,7-8,10-11,14-17H2,1-2H3,(H,35,36)(H2,33,34,40)/t20-/m1/s1. The number of aromatic amines is 2. The van der Waals surface area contributed by atoms with E-state index in [1.54, 1.807) is 18.3 Å². The van der Waals surface area contributed by atoms with Gasteiger partial charge in [0.25, 0.3) is 11.5 Å². The number of aliphatic hydroxyl groups excluding tert-OH is 1. The van der Waals surface area contributed by atoms with Gasteiger partial charge in [-0.1, -0.05) is 6.92 Å². The van der Waals surface area contributed by atoms with Crippen molar-refractivity contribution < 1.29 is 24.1 Å². The van der Waals surface area contributed by atoms with Gasteiger partial charge in [-0.2, -0.15) is 0 Å². The first-order chi connectivity index (χ1) is 21.4. The number of carbonyl (C=O) groups is 1. The first-order valence-corrected chi connectivity index (χ1v) is 15.1. The van der Waals surface area contributed by atoms with Gasteiger partial charge in [-0.15, -0.1) is 0 Å². The van der Waals surface area contributed by atoms with E-state index in [2.05, 4.69) is 27.2 Å². The highest BCUT2D eigenvalue weighted by Gasteiger charge is 2.34. The van der Waals surface area contributed by atoms with Crippen molar-refractivity contribution in [3.8, 4) is 28.6 Å². The number of ether oxygens (including phenoxy) is 3. The van der Waals surface area contributed by atoms with Gasteiger partial charge < -0.3 is 44.4 Å². The van der Waals surface area contributed by atoms with E-state index in [0.29, 0.717) is 58.4 Å². The third-order valence-electron chi connectivity index (χ3n) is 8.78. The van der Waals surface area contributed by atoms with Gasteiger partial charge in [0.2, 0.25) is 6.79 Å². The lowest BCUT2D eigenvalue weighted by Crippen LogP contribution is -2.43. The first kappa shape index (κ1) is 28.2. The summed E-state index contributed by atoms with van der Waals surface area (Å²) in [5, 5.41) is 13.9. The molecule has 230 valence electrons. The highest BCUT2D eigenvalue weighted by atomic mass is 16.7. The zero-order chi connectivity index (χ0) is 30.4. The van der Waals surface area contributed by atoms with Gasteiger partial charge >= 0.3 is 0 Å². The smallest absolute Gasteiger partial charge is 0.261 e. The molecule has 2 aromatic heterocycles. The van der Waals surface area contributed by atoms with Gasteiger partial charge in [0.15, 0.2) is 11.5 Å². The minimum Gasteiger partial charge on any atom is -0.490 e. The number of H-pyrrole nitrogens is 2. The highest BCUT2D eigenvalue weighted by molar-refractivity contribution is 6.02. The van der Waals surface area contributed by atoms with Crippen LogP contribution in [0.3, 0.4) is 0 Å². The number of benzene rings is 2. The topological polar surface area (TPSA) is 145 Å². The number of likely N-dealkylation sites (tertiary alicyclic amines) is 1. The van der Waals surface area contributed by atoms with Crippen LogP contribution in [0, 0.1) is 0 Å². The third kappa shape index (κ3) is 5.13. The molecule has 44 heavy (non-hydrogen) atoms. The molecule has 1 amide bonds. The Kier molecular flexibility index (Phi) is 7.39. The Morgan fingerprint density at radius 2 is 2.02 bits per heavy atom. The Bertz CT molecular complexity index is 1780. The van der Waals surface area contributed by atoms with Gasteiger partial charge in [0, 0.05) is 36.5 Å². The van der Waals surface area contributed by atoms with Crippen LogP contribution < -0.4 is 25.1 Å². The van der Waals surface area contributed by atoms with Crippen LogP contribution in [0.4, 0.5) is 5.69 Å². The number of piperidine rings is 1. The van der Waals surface area contributed by atoms with Crippen molar-refractivity contribution in [2.75, 3.05) is 45.4 Å². The van der Waals surface area contributed by atoms with Crippen molar-refractivity contribution in [3.05, 3.63) is 63.6 Å². The van der Waals surface area contributed by atoms with E-state index >= 15 is 0 Å². The fourth-order valence-corrected chi connectivity index (χ4v) is 6.38. The van der Waals surface area contributed by atoms with E-state index in [4.69, 9.17) is 19.2 Å². The van der Waals surface area contributed by atoms with Gasteiger partial charge in [-0.25, -0.2) is 4.98 Å². The average molecular weight is 601 g/mol. The Morgan fingerprint density at radius 1 is 1.18 bits per heavy atom. The summed E-state index contributed by atoms with van der Waals surface area (Å²) in [6, 6.07) is 9.39. The van der Waals surface area contributed by atoms with Crippen molar-refractivity contribution in [2.45, 2.75) is 44.9 Å². The second-order valence-corrected chi connectivity index (χ2v) is 11.7. The van der Waals surface area contributed by atoms with Gasteiger partial charge in [-0.3, -0.25) is 9.59 Å². The number of fused-ring (bicyclic) bond motifs is 3. The fourth-order valence-electron chi connectivity index (χ4n) is 6.38. The van der Waals surface area contributed by atoms with Crippen LogP contribution in [0.5, 0.6) is 17.2 Å². The molecule has 1 atom stereocenters. The SMILES string of the molecule is CCc1c(OC[C@H](O)CNc2cc[nH]c(=O)c2-c2nc3cc4c(cc3[nH]2)CN(C2CCN(C)CC2)C4=O)ccc2c1OCO2. The molecule has 0 saturated carbocycles. The second-order valence-electron chi connectivity index (χ2n) is 11.7. The van der Waals surface area contributed by atoms with Gasteiger partial charge in [0.1, 0.15) is 29.8 Å². The van der Waals surface area contributed by atoms with Crippen molar-refractivity contribution in [3.63, 3.8) is 0 Å². The lowest BCUT2D eigenvalue weighted by molar-refractivity contribution is 0.0617. The molecule has 4 N–H and O–H groups in total. The number of imidazole rings is 1. The molecule has 4 aromatic rings. The number of nitrogens with one attached hydrogen (secondary N) is 3. The number of rotatable bonds is 9. The zero-order valence-corrected chi connectivity index (χ0v) is 24.8. The molecule has 0 radical (unpaired) electrons. The quantitative estimate of drug-likeness (QED) is 0.228. The van der Waals surface area contributed by atoms with E-state index in [1.807, 2.05) is 30.0 Å². The van der Waals surface area contributed by atoms with E-state index in [0.717, 1.165) is 42.6 Å². The molecule has 2 aromatic carbocycles. The summed E-state index contributed by atoms with van der Waals surface area (Å²) < 4.78 is 17.0. The molecule has 12 heteroatoms. The zero-order valence-electron chi connectivity index (χ0n) is 24.8. The maximum atomic E-state index is 13.3. The predicted octanol–water partition coefficient (Wildman–Crippen LogP) is 3.11. The number of pyridine rings is 1. The van der Waals surface area contributed by atoms with Gasteiger partial charge in [-0.05, 0) is 75.3 Å². The molecular formula is C32H36N6O6. The number of hydrogen-bond donors (Lipinski definition) is 4. The monoisotopic (exact) mass is 600 g/mol. The third-order valence-corrected chi connectivity index (χ3v) is 8.78. The van der Waals surface area contributed by atoms with Gasteiger partial charge in [0.05, 0.1) is 16.7 Å². The average Bonchev–Trinajstić information content (AvgIpc) is 3.75. The number of aliphatic hydroxyl groups is 1. The molecule has 5 heterocycles. The molecule has 0 bridgehead atoms. The largest absolute Gasteiger partial charge is 0.490 e. The number of anilines is 1. The van der Waals surface area contributed by atoms with Crippen molar-refractivity contribution in [1.29, 1.82) is 0 Å². The van der Waals surface area contributed by atoms with E-state index in [1.165, 1.54) is 0 Å². The second kappa shape index (κ2) is 11.5. The van der Waals surface area contributed by atoms with E-state index < -0.39 is 6.10 Å². The van der Waals surface area contributed by atoms with Crippen LogP contribution >= 0.6 is 0 Å². The number of amides is 1. The van der Waals surface area contributed by atoms with E-state index in [-0.39, 0.29) is 37.5 Å². The summed E-state index contributed by atoms with van der Waals surface area (Å²) in [4.78, 5) is 41.4. The lowest BCUT2D eigenvalue weighted by atomic mass is 10.0. The number of carbonyl (C=O) groups excluding carboxylic acids is 1. The maximum Gasteiger partial charge on any atom is 0.261 e. The van der Waals surface area contributed by atoms with Crippen LogP contribution in [-0.4, -0.2) is 88.0 Å². The molecular weight excluding hydrogens is 564 g/mol. The van der Waals surface area contributed by atoms with Crippen LogP contribution in [0.1, 0.15) is 41.3 Å². The molecule has 0 aliphatic carbocycles. The molecule has 3 aliphatic heterocycles. The minimum atomic E-state index is -0.866. The Balaban J connectivity index is 1.06. The highest BCUT2D eigenvalue weighted by Crippen LogP contribution is 2.41. The Morgan fingerprint density at radius 3 is 2.84 bits per heavy atom. The summed E-state index contributed by atoms with van der Waals surface area (Å²) in [5.74, 6) is 2.43. The van der Waals surface area contributed by atoms with E-state index in [9.17, 15) is 14.7 Å². The Labute approximate surface area is 253 Å². The summed E-state index contributed by atoms with van der Waals surface area (Å²) in [5.41, 5.74) is 4.42. The molecule has 0 unspecified atom stereocenters. The summed E-state index contributed by atoms with van der Waals surface area (Å²) in [6.45, 7) is 4.92. The summed E-state index contributed by atoms with van der Waals surface area (Å²) >= 11 is 0. The Hall–Kier alpha value is -4.55. The molecule has 1 saturated heterocycles. The van der Waals surface area contributed by atoms with Crippen LogP contribution in [0.15, 0.2) is 41.3 Å². The predicted molar refractivity (Wildman–Crippen MR) is 164 cm³/mol. The number of hydrogen-bond acceptors (Lipinski definition) is 9. The number of aromatic nitrogens is 3. The maximum absolute atomic E-state index is 13.3. The minimum absolute atomic E-state index is 0.0387.